The van der Waals surface area contributed by atoms with Gasteiger partial charge in [-0.05, 0) is 55.6 Å². The summed E-state index contributed by atoms with van der Waals surface area (Å²) in [5, 5.41) is 28.0. The minimum Gasteiger partial charge on any atom is -0.507 e. The van der Waals surface area contributed by atoms with Crippen LogP contribution >= 0.6 is 0 Å². The Morgan fingerprint density at radius 3 is 1.22 bits per heavy atom. The van der Waals surface area contributed by atoms with Crippen LogP contribution in [0.3, 0.4) is 0 Å². The number of rotatable bonds is 2. The second-order valence-electron chi connectivity index (χ2n) is 8.07. The third-order valence-electron chi connectivity index (χ3n) is 6.27. The highest BCUT2D eigenvalue weighted by molar-refractivity contribution is 6.13. The highest BCUT2D eigenvalue weighted by Crippen LogP contribution is 2.44. The van der Waals surface area contributed by atoms with E-state index in [2.05, 4.69) is 36.4 Å². The maximum Gasteiger partial charge on any atom is 0.124 e. The van der Waals surface area contributed by atoms with E-state index in [1.165, 1.54) is 0 Å². The molecule has 0 heterocycles. The van der Waals surface area contributed by atoms with Crippen LogP contribution in [-0.4, -0.2) is 10.2 Å². The Hall–Kier alpha value is -4.30. The van der Waals surface area contributed by atoms with Crippen LogP contribution in [0.5, 0.6) is 11.5 Å². The first-order chi connectivity index (χ1) is 15.7. The van der Waals surface area contributed by atoms with Crippen molar-refractivity contribution in [2.75, 3.05) is 0 Å². The first-order valence-electron chi connectivity index (χ1n) is 10.7. The normalized spacial score (nSPS) is 11.4. The molecule has 152 valence electrons. The molecule has 0 aliphatic carbocycles. The maximum absolute atomic E-state index is 10.9. The van der Waals surface area contributed by atoms with Gasteiger partial charge < -0.3 is 10.2 Å². The summed E-state index contributed by atoms with van der Waals surface area (Å²) in [6.45, 7) is 0. The van der Waals surface area contributed by atoms with Crippen molar-refractivity contribution in [1.29, 1.82) is 0 Å². The summed E-state index contributed by atoms with van der Waals surface area (Å²) in [6.07, 6.45) is 0. The first-order valence-corrected chi connectivity index (χ1v) is 10.7. The molecule has 2 heteroatoms. The molecule has 0 saturated heterocycles. The van der Waals surface area contributed by atoms with Crippen LogP contribution in [0.2, 0.25) is 0 Å². The second-order valence-corrected chi connectivity index (χ2v) is 8.07. The molecule has 0 aliphatic rings. The Labute approximate surface area is 185 Å². The van der Waals surface area contributed by atoms with E-state index in [-0.39, 0.29) is 11.5 Å². The molecule has 0 saturated carbocycles. The van der Waals surface area contributed by atoms with E-state index in [1.54, 1.807) is 12.1 Å². The van der Waals surface area contributed by atoms with Gasteiger partial charge in [-0.15, -0.1) is 0 Å². The number of benzene rings is 6. The topological polar surface area (TPSA) is 40.5 Å². The van der Waals surface area contributed by atoms with E-state index >= 15 is 0 Å². The quantitative estimate of drug-likeness (QED) is 0.303. The van der Waals surface area contributed by atoms with Gasteiger partial charge >= 0.3 is 0 Å². The van der Waals surface area contributed by atoms with Crippen molar-refractivity contribution in [2.24, 2.45) is 0 Å². The van der Waals surface area contributed by atoms with Crippen LogP contribution in [0.25, 0.3) is 54.6 Å². The lowest BCUT2D eigenvalue weighted by atomic mass is 9.89. The summed E-state index contributed by atoms with van der Waals surface area (Å²) in [4.78, 5) is 0. The summed E-state index contributed by atoms with van der Waals surface area (Å²) >= 11 is 0. The Morgan fingerprint density at radius 1 is 0.344 bits per heavy atom. The molecule has 32 heavy (non-hydrogen) atoms. The van der Waals surface area contributed by atoms with Gasteiger partial charge in [-0.1, -0.05) is 97.1 Å². The molecule has 2 N–H and O–H groups in total. The van der Waals surface area contributed by atoms with Gasteiger partial charge in [-0.2, -0.15) is 0 Å². The zero-order valence-electron chi connectivity index (χ0n) is 17.3. The van der Waals surface area contributed by atoms with E-state index in [4.69, 9.17) is 0 Å². The number of fused-ring (bicyclic) bond motifs is 3. The minimum absolute atomic E-state index is 0.259. The predicted octanol–water partition coefficient (Wildman–Crippen LogP) is 7.89. The van der Waals surface area contributed by atoms with Gasteiger partial charge in [0.2, 0.25) is 0 Å². The zero-order chi connectivity index (χ0) is 21.7. The highest BCUT2D eigenvalue weighted by atomic mass is 16.3. The molecular formula is C30H20O2. The van der Waals surface area contributed by atoms with Crippen LogP contribution in [0, 0.1) is 0 Å². The van der Waals surface area contributed by atoms with E-state index < -0.39 is 0 Å². The van der Waals surface area contributed by atoms with Gasteiger partial charge in [-0.3, -0.25) is 0 Å². The molecule has 0 bridgehead atoms. The summed E-state index contributed by atoms with van der Waals surface area (Å²) in [7, 11) is 0. The number of phenolic OH excluding ortho intramolecular Hbond substituents is 2. The average Bonchev–Trinajstić information content (AvgIpc) is 2.83. The van der Waals surface area contributed by atoms with Gasteiger partial charge in [0.15, 0.2) is 0 Å². The summed E-state index contributed by atoms with van der Waals surface area (Å²) < 4.78 is 0. The highest BCUT2D eigenvalue weighted by Gasteiger charge is 2.16. The molecule has 6 aromatic rings. The molecule has 0 amide bonds. The number of hydrogen-bond donors (Lipinski definition) is 2. The molecule has 0 fully saturated rings. The van der Waals surface area contributed by atoms with Crippen molar-refractivity contribution >= 4 is 32.3 Å². The largest absolute Gasteiger partial charge is 0.507 e. The number of aromatic hydroxyl groups is 2. The fraction of sp³-hybridized carbons (Fsp3) is 0. The van der Waals surface area contributed by atoms with Crippen molar-refractivity contribution < 1.29 is 10.2 Å². The Morgan fingerprint density at radius 2 is 0.750 bits per heavy atom. The zero-order valence-corrected chi connectivity index (χ0v) is 17.3. The average molecular weight is 412 g/mol. The molecule has 0 atom stereocenters. The van der Waals surface area contributed by atoms with Crippen molar-refractivity contribution in [3.63, 3.8) is 0 Å². The standard InChI is InChI=1S/C30H20O2/c31-27-17-15-19-7-1-3-9-21(19)29(27)25-13-5-12-24-23(25)11-6-14-26(24)30-22-10-4-2-8-20(22)16-18-28(30)32/h1-18,31-32H. The Balaban J connectivity index is 1.71. The summed E-state index contributed by atoms with van der Waals surface area (Å²) in [5.41, 5.74) is 3.60. The lowest BCUT2D eigenvalue weighted by molar-refractivity contribution is 0.477. The maximum atomic E-state index is 10.9. The lowest BCUT2D eigenvalue weighted by Gasteiger charge is -2.16. The fourth-order valence-corrected chi connectivity index (χ4v) is 4.83. The Bertz CT molecular complexity index is 1520. The molecule has 0 aliphatic heterocycles. The van der Waals surface area contributed by atoms with Gasteiger partial charge in [0.05, 0.1) is 0 Å². The van der Waals surface area contributed by atoms with Crippen LogP contribution in [0.4, 0.5) is 0 Å². The number of phenols is 2. The molecule has 0 spiro atoms. The third-order valence-corrected chi connectivity index (χ3v) is 6.27. The number of hydrogen-bond acceptors (Lipinski definition) is 2. The van der Waals surface area contributed by atoms with Crippen molar-refractivity contribution in [3.05, 3.63) is 109 Å². The van der Waals surface area contributed by atoms with Gasteiger partial charge in [0, 0.05) is 11.1 Å². The second kappa shape index (κ2) is 7.14. The third kappa shape index (κ3) is 2.74. The lowest BCUT2D eigenvalue weighted by Crippen LogP contribution is -1.89. The molecule has 0 unspecified atom stereocenters. The molecule has 6 aromatic carbocycles. The predicted molar refractivity (Wildman–Crippen MR) is 133 cm³/mol. The van der Waals surface area contributed by atoms with E-state index in [1.807, 2.05) is 60.7 Å². The van der Waals surface area contributed by atoms with E-state index in [0.29, 0.717) is 0 Å². The monoisotopic (exact) mass is 412 g/mol. The molecule has 2 nitrogen and oxygen atoms in total. The van der Waals surface area contributed by atoms with Crippen LogP contribution in [0.15, 0.2) is 109 Å². The molecular weight excluding hydrogens is 392 g/mol. The fourth-order valence-electron chi connectivity index (χ4n) is 4.83. The van der Waals surface area contributed by atoms with E-state index in [9.17, 15) is 10.2 Å². The molecule has 6 rings (SSSR count). The minimum atomic E-state index is 0.259. The molecule has 0 radical (unpaired) electrons. The Kier molecular flexibility index (Phi) is 4.12. The SMILES string of the molecule is Oc1ccc2ccccc2c1-c1cccc2c(-c3c(O)ccc4ccccc34)cccc12. The molecule has 0 aromatic heterocycles. The smallest absolute Gasteiger partial charge is 0.124 e. The van der Waals surface area contributed by atoms with Crippen molar-refractivity contribution in [2.45, 2.75) is 0 Å². The summed E-state index contributed by atoms with van der Waals surface area (Å²) in [6, 6.07) is 35.9. The van der Waals surface area contributed by atoms with Gasteiger partial charge in [0.1, 0.15) is 11.5 Å². The van der Waals surface area contributed by atoms with Crippen molar-refractivity contribution in [1.82, 2.24) is 0 Å². The van der Waals surface area contributed by atoms with Gasteiger partial charge in [0.25, 0.3) is 0 Å². The van der Waals surface area contributed by atoms with Crippen LogP contribution < -0.4 is 0 Å². The summed E-state index contributed by atoms with van der Waals surface area (Å²) in [5.74, 6) is 0.518. The van der Waals surface area contributed by atoms with Gasteiger partial charge in [-0.25, -0.2) is 0 Å². The van der Waals surface area contributed by atoms with Crippen LogP contribution in [-0.2, 0) is 0 Å². The first kappa shape index (κ1) is 18.5. The van der Waals surface area contributed by atoms with Crippen molar-refractivity contribution in [3.8, 4) is 33.8 Å². The van der Waals surface area contributed by atoms with E-state index in [0.717, 1.165) is 54.6 Å². The van der Waals surface area contributed by atoms with Crippen LogP contribution in [0.1, 0.15) is 0 Å².